The van der Waals surface area contributed by atoms with Crippen LogP contribution in [0.25, 0.3) is 0 Å². The van der Waals surface area contributed by atoms with Crippen LogP contribution in [0.4, 0.5) is 5.13 Å². The topological polar surface area (TPSA) is 106 Å². The molecule has 8 nitrogen and oxygen atoms in total. The Hall–Kier alpha value is -3.07. The number of anilines is 1. The molecule has 0 aliphatic carbocycles. The zero-order chi connectivity index (χ0) is 16.6. The third-order valence-corrected chi connectivity index (χ3v) is 3.68. The number of imide groups is 1. The summed E-state index contributed by atoms with van der Waals surface area (Å²) >= 11 is 1.02. The molecule has 1 aromatic carbocycles. The third-order valence-electron chi connectivity index (χ3n) is 2.93. The largest absolute Gasteiger partial charge is 0.383 e. The Labute approximate surface area is 133 Å². The van der Waals surface area contributed by atoms with E-state index in [-0.39, 0.29) is 27.9 Å². The third kappa shape index (κ3) is 2.69. The summed E-state index contributed by atoms with van der Waals surface area (Å²) in [6.07, 6.45) is 0. The Bertz CT molecular complexity index is 809. The number of fused-ring (bicyclic) bond motifs is 1. The zero-order valence-electron chi connectivity index (χ0n) is 11.7. The predicted octanol–water partition coefficient (Wildman–Crippen LogP) is 1.47. The van der Waals surface area contributed by atoms with Gasteiger partial charge in [-0.05, 0) is 12.1 Å². The van der Waals surface area contributed by atoms with Gasteiger partial charge in [-0.2, -0.15) is 0 Å². The molecule has 1 aliphatic heterocycles. The standard InChI is InChI=1S/C14H9N3O5S/c1-7(18)15-14-16-10(6-23-14)13(21)22-17-11(19)8-4-2-3-5-9(8)12(17)20/h2-6H,1H3,(H,15,16,18). The maximum absolute atomic E-state index is 12.1. The molecule has 0 radical (unpaired) electrons. The number of aromatic nitrogens is 1. The number of rotatable bonds is 3. The van der Waals surface area contributed by atoms with Crippen molar-refractivity contribution in [1.29, 1.82) is 0 Å². The number of nitrogens with zero attached hydrogens (tertiary/aromatic N) is 2. The first-order chi connectivity index (χ1) is 11.0. The highest BCUT2D eigenvalue weighted by molar-refractivity contribution is 7.14. The molecule has 23 heavy (non-hydrogen) atoms. The molecule has 0 saturated carbocycles. The first-order valence-corrected chi connectivity index (χ1v) is 7.28. The van der Waals surface area contributed by atoms with Crippen molar-refractivity contribution in [3.63, 3.8) is 0 Å². The summed E-state index contributed by atoms with van der Waals surface area (Å²) in [6, 6.07) is 6.16. The molecule has 0 spiro atoms. The Morgan fingerprint density at radius 2 is 1.78 bits per heavy atom. The molecule has 116 valence electrons. The SMILES string of the molecule is CC(=O)Nc1nc(C(=O)ON2C(=O)c3ccccc3C2=O)cs1. The van der Waals surface area contributed by atoms with Gasteiger partial charge in [0, 0.05) is 12.3 Å². The Morgan fingerprint density at radius 3 is 2.35 bits per heavy atom. The van der Waals surface area contributed by atoms with Crippen molar-refractivity contribution >= 4 is 40.2 Å². The van der Waals surface area contributed by atoms with Gasteiger partial charge in [-0.3, -0.25) is 14.4 Å². The van der Waals surface area contributed by atoms with Crippen molar-refractivity contribution in [2.75, 3.05) is 5.32 Å². The second-order valence-electron chi connectivity index (χ2n) is 4.55. The van der Waals surface area contributed by atoms with Gasteiger partial charge in [0.05, 0.1) is 11.1 Å². The van der Waals surface area contributed by atoms with Crippen LogP contribution in [0.2, 0.25) is 0 Å². The fraction of sp³-hybridized carbons (Fsp3) is 0.0714. The van der Waals surface area contributed by atoms with E-state index >= 15 is 0 Å². The number of amides is 3. The van der Waals surface area contributed by atoms with Gasteiger partial charge in [0.1, 0.15) is 0 Å². The van der Waals surface area contributed by atoms with Crippen LogP contribution >= 0.6 is 11.3 Å². The van der Waals surface area contributed by atoms with Gasteiger partial charge < -0.3 is 10.2 Å². The van der Waals surface area contributed by atoms with Crippen LogP contribution in [-0.2, 0) is 9.63 Å². The van der Waals surface area contributed by atoms with Gasteiger partial charge in [-0.1, -0.05) is 17.2 Å². The van der Waals surface area contributed by atoms with Gasteiger partial charge in [-0.15, -0.1) is 11.3 Å². The summed E-state index contributed by atoms with van der Waals surface area (Å²) in [7, 11) is 0. The van der Waals surface area contributed by atoms with Crippen molar-refractivity contribution < 1.29 is 24.0 Å². The second kappa shape index (κ2) is 5.61. The van der Waals surface area contributed by atoms with Crippen molar-refractivity contribution in [3.05, 3.63) is 46.5 Å². The average Bonchev–Trinajstić information content (AvgIpc) is 3.06. The molecule has 1 aromatic heterocycles. The molecule has 0 saturated heterocycles. The Balaban J connectivity index is 1.76. The lowest BCUT2D eigenvalue weighted by Crippen LogP contribution is -2.32. The van der Waals surface area contributed by atoms with E-state index in [0.29, 0.717) is 5.06 Å². The molecule has 0 bridgehead atoms. The molecule has 3 amide bonds. The number of benzene rings is 1. The molecule has 3 rings (SSSR count). The minimum Gasteiger partial charge on any atom is -0.322 e. The minimum atomic E-state index is -0.965. The van der Waals surface area contributed by atoms with Crippen LogP contribution in [0.3, 0.4) is 0 Å². The van der Waals surface area contributed by atoms with E-state index in [0.717, 1.165) is 11.3 Å². The molecule has 9 heteroatoms. The number of hydrogen-bond acceptors (Lipinski definition) is 7. The number of hydrogen-bond donors (Lipinski definition) is 1. The smallest absolute Gasteiger partial charge is 0.322 e. The zero-order valence-corrected chi connectivity index (χ0v) is 12.5. The lowest BCUT2D eigenvalue weighted by Gasteiger charge is -2.11. The quantitative estimate of drug-likeness (QED) is 0.854. The highest BCUT2D eigenvalue weighted by Crippen LogP contribution is 2.24. The van der Waals surface area contributed by atoms with Crippen LogP contribution < -0.4 is 5.32 Å². The van der Waals surface area contributed by atoms with Gasteiger partial charge in [0.2, 0.25) is 5.91 Å². The van der Waals surface area contributed by atoms with E-state index in [4.69, 9.17) is 4.84 Å². The van der Waals surface area contributed by atoms with Crippen LogP contribution in [0, 0.1) is 0 Å². The number of hydroxylamine groups is 2. The second-order valence-corrected chi connectivity index (χ2v) is 5.41. The van der Waals surface area contributed by atoms with Crippen molar-refractivity contribution in [2.24, 2.45) is 0 Å². The van der Waals surface area contributed by atoms with Gasteiger partial charge in [0.15, 0.2) is 10.8 Å². The molecule has 0 atom stereocenters. The number of thiazole rings is 1. The van der Waals surface area contributed by atoms with E-state index in [1.807, 2.05) is 0 Å². The maximum Gasteiger partial charge on any atom is 0.383 e. The molecule has 0 fully saturated rings. The Morgan fingerprint density at radius 1 is 1.17 bits per heavy atom. The summed E-state index contributed by atoms with van der Waals surface area (Å²) in [5.74, 6) is -2.72. The van der Waals surface area contributed by atoms with Crippen molar-refractivity contribution in [3.8, 4) is 0 Å². The van der Waals surface area contributed by atoms with E-state index in [1.165, 1.54) is 24.4 Å². The predicted molar refractivity (Wildman–Crippen MR) is 78.8 cm³/mol. The summed E-state index contributed by atoms with van der Waals surface area (Å²) < 4.78 is 0. The van der Waals surface area contributed by atoms with Crippen LogP contribution in [-0.4, -0.2) is 33.7 Å². The maximum atomic E-state index is 12.1. The highest BCUT2D eigenvalue weighted by Gasteiger charge is 2.39. The molecule has 1 aliphatic rings. The molecule has 2 aromatic rings. The monoisotopic (exact) mass is 331 g/mol. The van der Waals surface area contributed by atoms with Gasteiger partial charge >= 0.3 is 5.97 Å². The summed E-state index contributed by atoms with van der Waals surface area (Å²) in [6.45, 7) is 1.30. The fourth-order valence-electron chi connectivity index (χ4n) is 1.96. The summed E-state index contributed by atoms with van der Waals surface area (Å²) in [5.41, 5.74) is 0.223. The van der Waals surface area contributed by atoms with E-state index in [1.54, 1.807) is 12.1 Å². The highest BCUT2D eigenvalue weighted by atomic mass is 32.1. The van der Waals surface area contributed by atoms with Crippen molar-refractivity contribution in [2.45, 2.75) is 6.92 Å². The van der Waals surface area contributed by atoms with Crippen molar-refractivity contribution in [1.82, 2.24) is 10.0 Å². The fourth-order valence-corrected chi connectivity index (χ4v) is 2.68. The normalized spacial score (nSPS) is 13.0. The van der Waals surface area contributed by atoms with Gasteiger partial charge in [0.25, 0.3) is 11.8 Å². The van der Waals surface area contributed by atoms with Gasteiger partial charge in [-0.25, -0.2) is 9.78 Å². The lowest BCUT2D eigenvalue weighted by atomic mass is 10.1. The van der Waals surface area contributed by atoms with E-state index < -0.39 is 17.8 Å². The number of carbonyl (C=O) groups excluding carboxylic acids is 4. The van der Waals surface area contributed by atoms with Crippen LogP contribution in [0.1, 0.15) is 38.1 Å². The molecular formula is C14H9N3O5S. The molecule has 0 unspecified atom stereocenters. The first-order valence-electron chi connectivity index (χ1n) is 6.40. The van der Waals surface area contributed by atoms with Crippen LogP contribution in [0.5, 0.6) is 0 Å². The molecule has 2 heterocycles. The number of carbonyl (C=O) groups is 4. The Kier molecular flexibility index (Phi) is 3.62. The summed E-state index contributed by atoms with van der Waals surface area (Å²) in [4.78, 5) is 55.8. The molecule has 1 N–H and O–H groups in total. The van der Waals surface area contributed by atoms with E-state index in [9.17, 15) is 19.2 Å². The number of nitrogens with one attached hydrogen (secondary N) is 1. The molecular weight excluding hydrogens is 322 g/mol. The average molecular weight is 331 g/mol. The van der Waals surface area contributed by atoms with Crippen LogP contribution in [0.15, 0.2) is 29.6 Å². The first kappa shape index (κ1) is 14.9. The minimum absolute atomic E-state index is 0.115. The summed E-state index contributed by atoms with van der Waals surface area (Å²) in [5, 5.41) is 4.39. The van der Waals surface area contributed by atoms with E-state index in [2.05, 4.69) is 10.3 Å². The lowest BCUT2D eigenvalue weighted by molar-refractivity contribution is -0.114.